The molecular weight excluding hydrogens is 260 g/mol. The number of carbonyl (C=O) groups is 1. The van der Waals surface area contributed by atoms with E-state index in [9.17, 15) is 4.79 Å². The van der Waals surface area contributed by atoms with E-state index in [1.807, 2.05) is 18.5 Å². The summed E-state index contributed by atoms with van der Waals surface area (Å²) in [6, 6.07) is 4.07. The van der Waals surface area contributed by atoms with Crippen LogP contribution in [-0.4, -0.2) is 43.7 Å². The topological polar surface area (TPSA) is 41.6 Å². The van der Waals surface area contributed by atoms with Crippen molar-refractivity contribution in [3.63, 3.8) is 0 Å². The zero-order valence-corrected chi connectivity index (χ0v) is 12.2. The van der Waals surface area contributed by atoms with Crippen molar-refractivity contribution in [1.82, 2.24) is 10.2 Å². The SMILES string of the molecule is CN(Cc1cccs1)C(=O)CCOC1CCNCC1. The van der Waals surface area contributed by atoms with Gasteiger partial charge in [-0.1, -0.05) is 6.07 Å². The fourth-order valence-electron chi connectivity index (χ4n) is 2.19. The summed E-state index contributed by atoms with van der Waals surface area (Å²) in [5.41, 5.74) is 0. The van der Waals surface area contributed by atoms with Crippen molar-refractivity contribution in [3.05, 3.63) is 22.4 Å². The van der Waals surface area contributed by atoms with Crippen LogP contribution in [-0.2, 0) is 16.1 Å². The molecule has 1 amide bonds. The lowest BCUT2D eigenvalue weighted by molar-refractivity contribution is -0.132. The fourth-order valence-corrected chi connectivity index (χ4v) is 2.95. The van der Waals surface area contributed by atoms with Gasteiger partial charge in [0.25, 0.3) is 0 Å². The highest BCUT2D eigenvalue weighted by molar-refractivity contribution is 7.09. The van der Waals surface area contributed by atoms with Crippen LogP contribution in [0, 0.1) is 0 Å². The van der Waals surface area contributed by atoms with Crippen molar-refractivity contribution in [2.75, 3.05) is 26.7 Å². The lowest BCUT2D eigenvalue weighted by atomic mass is 10.1. The maximum atomic E-state index is 11.9. The van der Waals surface area contributed by atoms with Gasteiger partial charge in [-0.05, 0) is 37.4 Å². The fraction of sp³-hybridized carbons (Fsp3) is 0.643. The molecule has 1 saturated heterocycles. The third-order valence-electron chi connectivity index (χ3n) is 3.35. The lowest BCUT2D eigenvalue weighted by Crippen LogP contribution is -2.33. The normalized spacial score (nSPS) is 16.5. The third kappa shape index (κ3) is 4.93. The summed E-state index contributed by atoms with van der Waals surface area (Å²) < 4.78 is 5.75. The lowest BCUT2D eigenvalue weighted by Gasteiger charge is -2.23. The summed E-state index contributed by atoms with van der Waals surface area (Å²) in [6.07, 6.45) is 2.92. The second kappa shape index (κ2) is 7.62. The molecule has 1 aliphatic rings. The number of nitrogens with one attached hydrogen (secondary N) is 1. The summed E-state index contributed by atoms with van der Waals surface area (Å²) in [7, 11) is 1.85. The van der Waals surface area contributed by atoms with Crippen LogP contribution in [0.2, 0.25) is 0 Å². The van der Waals surface area contributed by atoms with Crippen LogP contribution in [0.15, 0.2) is 17.5 Å². The van der Waals surface area contributed by atoms with Gasteiger partial charge >= 0.3 is 0 Å². The number of nitrogens with zero attached hydrogens (tertiary/aromatic N) is 1. The molecule has 2 rings (SSSR count). The molecule has 1 fully saturated rings. The highest BCUT2D eigenvalue weighted by atomic mass is 32.1. The van der Waals surface area contributed by atoms with E-state index in [1.165, 1.54) is 4.88 Å². The first-order valence-corrected chi connectivity index (χ1v) is 7.72. The molecule has 4 nitrogen and oxygen atoms in total. The van der Waals surface area contributed by atoms with Crippen LogP contribution in [0.4, 0.5) is 0 Å². The monoisotopic (exact) mass is 282 g/mol. The predicted octanol–water partition coefficient (Wildman–Crippen LogP) is 1.87. The Morgan fingerprint density at radius 1 is 1.53 bits per heavy atom. The van der Waals surface area contributed by atoms with Gasteiger partial charge < -0.3 is 15.0 Å². The number of amides is 1. The van der Waals surface area contributed by atoms with Crippen LogP contribution in [0.1, 0.15) is 24.1 Å². The molecule has 0 aliphatic carbocycles. The average Bonchev–Trinajstić information content (AvgIpc) is 2.92. The summed E-state index contributed by atoms with van der Waals surface area (Å²) >= 11 is 1.68. The molecule has 0 unspecified atom stereocenters. The third-order valence-corrected chi connectivity index (χ3v) is 4.22. The van der Waals surface area contributed by atoms with Gasteiger partial charge in [-0.2, -0.15) is 0 Å². The van der Waals surface area contributed by atoms with Crippen LogP contribution in [0.25, 0.3) is 0 Å². The van der Waals surface area contributed by atoms with Gasteiger partial charge in [-0.25, -0.2) is 0 Å². The van der Waals surface area contributed by atoms with Crippen molar-refractivity contribution < 1.29 is 9.53 Å². The van der Waals surface area contributed by atoms with Crippen molar-refractivity contribution in [2.45, 2.75) is 31.9 Å². The molecule has 0 saturated carbocycles. The Balaban J connectivity index is 1.63. The van der Waals surface area contributed by atoms with Crippen molar-refractivity contribution in [1.29, 1.82) is 0 Å². The highest BCUT2D eigenvalue weighted by Gasteiger charge is 2.15. The molecule has 1 aliphatic heterocycles. The number of ether oxygens (including phenoxy) is 1. The molecule has 1 N–H and O–H groups in total. The van der Waals surface area contributed by atoms with Gasteiger partial charge in [-0.3, -0.25) is 4.79 Å². The average molecular weight is 282 g/mol. The van der Waals surface area contributed by atoms with Gasteiger partial charge in [0, 0.05) is 11.9 Å². The van der Waals surface area contributed by atoms with Gasteiger partial charge in [-0.15, -0.1) is 11.3 Å². The maximum Gasteiger partial charge on any atom is 0.224 e. The Kier molecular flexibility index (Phi) is 5.82. The Bertz CT molecular complexity index is 375. The first-order valence-electron chi connectivity index (χ1n) is 6.84. The number of thiophene rings is 1. The molecule has 1 aromatic rings. The Hall–Kier alpha value is -0.910. The maximum absolute atomic E-state index is 11.9. The van der Waals surface area contributed by atoms with E-state index in [0.717, 1.165) is 25.9 Å². The molecule has 0 radical (unpaired) electrons. The minimum absolute atomic E-state index is 0.155. The second-order valence-electron chi connectivity index (χ2n) is 4.90. The second-order valence-corrected chi connectivity index (χ2v) is 5.93. The molecule has 5 heteroatoms. The van der Waals surface area contributed by atoms with E-state index < -0.39 is 0 Å². The Morgan fingerprint density at radius 2 is 2.32 bits per heavy atom. The number of carbonyl (C=O) groups excluding carboxylic acids is 1. The summed E-state index contributed by atoms with van der Waals surface area (Å²) in [6.45, 7) is 3.29. The van der Waals surface area contributed by atoms with Crippen molar-refractivity contribution in [2.24, 2.45) is 0 Å². The number of piperidine rings is 1. The number of rotatable bonds is 6. The predicted molar refractivity (Wildman–Crippen MR) is 77.3 cm³/mol. The van der Waals surface area contributed by atoms with E-state index in [0.29, 0.717) is 25.7 Å². The van der Waals surface area contributed by atoms with Crippen molar-refractivity contribution >= 4 is 17.2 Å². The van der Waals surface area contributed by atoms with Crippen molar-refractivity contribution in [3.8, 4) is 0 Å². The largest absolute Gasteiger partial charge is 0.378 e. The molecular formula is C14H22N2O2S. The van der Waals surface area contributed by atoms with E-state index in [4.69, 9.17) is 4.74 Å². The first-order chi connectivity index (χ1) is 9.25. The van der Waals surface area contributed by atoms with Crippen LogP contribution < -0.4 is 5.32 Å². The van der Waals surface area contributed by atoms with Gasteiger partial charge in [0.15, 0.2) is 0 Å². The Labute approximate surface area is 118 Å². The van der Waals surface area contributed by atoms with E-state index in [1.54, 1.807) is 16.2 Å². The molecule has 0 aromatic carbocycles. The van der Waals surface area contributed by atoms with Gasteiger partial charge in [0.1, 0.15) is 0 Å². The first kappa shape index (κ1) is 14.5. The zero-order valence-electron chi connectivity index (χ0n) is 11.4. The number of hydrogen-bond acceptors (Lipinski definition) is 4. The molecule has 106 valence electrons. The molecule has 19 heavy (non-hydrogen) atoms. The number of hydrogen-bond donors (Lipinski definition) is 1. The summed E-state index contributed by atoms with van der Waals surface area (Å²) in [4.78, 5) is 14.9. The molecule has 0 spiro atoms. The molecule has 0 atom stereocenters. The minimum atomic E-state index is 0.155. The highest BCUT2D eigenvalue weighted by Crippen LogP contribution is 2.12. The van der Waals surface area contributed by atoms with Gasteiger partial charge in [0.2, 0.25) is 5.91 Å². The van der Waals surface area contributed by atoms with Crippen LogP contribution in [0.5, 0.6) is 0 Å². The van der Waals surface area contributed by atoms with Crippen LogP contribution >= 0.6 is 11.3 Å². The van der Waals surface area contributed by atoms with E-state index in [2.05, 4.69) is 11.4 Å². The molecule has 1 aromatic heterocycles. The smallest absolute Gasteiger partial charge is 0.224 e. The van der Waals surface area contributed by atoms with Gasteiger partial charge in [0.05, 0.1) is 25.7 Å². The minimum Gasteiger partial charge on any atom is -0.378 e. The van der Waals surface area contributed by atoms with Crippen LogP contribution in [0.3, 0.4) is 0 Å². The van der Waals surface area contributed by atoms with E-state index >= 15 is 0 Å². The summed E-state index contributed by atoms with van der Waals surface area (Å²) in [5, 5.41) is 5.34. The van der Waals surface area contributed by atoms with E-state index in [-0.39, 0.29) is 5.91 Å². The standard InChI is InChI=1S/C14H22N2O2S/c1-16(11-13-3-2-10-19-13)14(17)6-9-18-12-4-7-15-8-5-12/h2-3,10,12,15H,4-9,11H2,1H3. The summed E-state index contributed by atoms with van der Waals surface area (Å²) in [5.74, 6) is 0.155. The molecule has 2 heterocycles. The zero-order chi connectivity index (χ0) is 13.5. The quantitative estimate of drug-likeness (QED) is 0.866. The molecule has 0 bridgehead atoms. The Morgan fingerprint density at radius 3 is 3.00 bits per heavy atom.